The van der Waals surface area contributed by atoms with Crippen molar-refractivity contribution >= 4 is 11.6 Å². The highest BCUT2D eigenvalue weighted by molar-refractivity contribution is 5.90. The average molecular weight is 262 g/mol. The smallest absolute Gasteiger partial charge is 0.224 e. The lowest BCUT2D eigenvalue weighted by Gasteiger charge is -2.27. The van der Waals surface area contributed by atoms with Crippen LogP contribution in [-0.2, 0) is 4.79 Å². The van der Waals surface area contributed by atoms with E-state index < -0.39 is 0 Å². The van der Waals surface area contributed by atoms with Gasteiger partial charge >= 0.3 is 0 Å². The summed E-state index contributed by atoms with van der Waals surface area (Å²) < 4.78 is 5.08. The number of nitrogens with two attached hydrogens (primary N) is 1. The lowest BCUT2D eigenvalue weighted by Crippen LogP contribution is -2.35. The molecule has 2 atom stereocenters. The predicted octanol–water partition coefficient (Wildman–Crippen LogP) is 2.54. The van der Waals surface area contributed by atoms with Crippen molar-refractivity contribution in [3.63, 3.8) is 0 Å². The fourth-order valence-corrected chi connectivity index (χ4v) is 2.61. The summed E-state index contributed by atoms with van der Waals surface area (Å²) in [5.41, 5.74) is 6.86. The first-order valence-electron chi connectivity index (χ1n) is 6.88. The monoisotopic (exact) mass is 262 g/mol. The molecule has 1 aliphatic carbocycles. The minimum absolute atomic E-state index is 0.0486. The molecule has 1 aromatic carbocycles. The molecule has 0 saturated heterocycles. The zero-order valence-electron chi connectivity index (χ0n) is 11.4. The molecule has 1 saturated carbocycles. The van der Waals surface area contributed by atoms with Crippen molar-refractivity contribution in [1.29, 1.82) is 0 Å². The predicted molar refractivity (Wildman–Crippen MR) is 76.2 cm³/mol. The molecule has 1 fully saturated rings. The molecule has 0 bridgehead atoms. The average Bonchev–Trinajstić information content (AvgIpc) is 2.42. The van der Waals surface area contributed by atoms with Crippen molar-refractivity contribution in [1.82, 2.24) is 0 Å². The molecule has 0 aliphatic heterocycles. The van der Waals surface area contributed by atoms with Gasteiger partial charge in [-0.05, 0) is 43.0 Å². The third-order valence-corrected chi connectivity index (χ3v) is 3.79. The van der Waals surface area contributed by atoms with Gasteiger partial charge < -0.3 is 15.8 Å². The second kappa shape index (κ2) is 6.57. The Kier molecular flexibility index (Phi) is 4.80. The number of rotatable bonds is 4. The van der Waals surface area contributed by atoms with Crippen molar-refractivity contribution in [3.8, 4) is 5.75 Å². The summed E-state index contributed by atoms with van der Waals surface area (Å²) >= 11 is 0. The number of carbonyl (C=O) groups excluding carboxylic acids is 1. The minimum atomic E-state index is 0.0486. The number of hydrogen-bond acceptors (Lipinski definition) is 3. The molecule has 1 aliphatic rings. The number of carbonyl (C=O) groups is 1. The molecule has 19 heavy (non-hydrogen) atoms. The summed E-state index contributed by atoms with van der Waals surface area (Å²) in [7, 11) is 1.62. The van der Waals surface area contributed by atoms with Crippen LogP contribution in [0, 0.1) is 5.92 Å². The Balaban J connectivity index is 1.86. The lowest BCUT2D eigenvalue weighted by atomic mass is 9.83. The van der Waals surface area contributed by atoms with E-state index in [-0.39, 0.29) is 11.9 Å². The third-order valence-electron chi connectivity index (χ3n) is 3.79. The van der Waals surface area contributed by atoms with Gasteiger partial charge in [0.1, 0.15) is 5.75 Å². The van der Waals surface area contributed by atoms with Crippen LogP contribution in [0.5, 0.6) is 5.75 Å². The highest BCUT2D eigenvalue weighted by atomic mass is 16.5. The van der Waals surface area contributed by atoms with E-state index in [9.17, 15) is 4.79 Å². The lowest BCUT2D eigenvalue weighted by molar-refractivity contribution is -0.117. The maximum atomic E-state index is 12.0. The van der Waals surface area contributed by atoms with Crippen molar-refractivity contribution in [2.45, 2.75) is 38.1 Å². The van der Waals surface area contributed by atoms with E-state index in [1.165, 1.54) is 12.8 Å². The Labute approximate surface area is 114 Å². The number of methoxy groups -OCH3 is 1. The summed E-state index contributed by atoms with van der Waals surface area (Å²) in [6, 6.07) is 7.54. The number of ether oxygens (including phenoxy) is 1. The van der Waals surface area contributed by atoms with Crippen molar-refractivity contribution in [2.24, 2.45) is 11.7 Å². The number of anilines is 1. The van der Waals surface area contributed by atoms with Gasteiger partial charge in [0, 0.05) is 18.2 Å². The van der Waals surface area contributed by atoms with Crippen LogP contribution in [0.3, 0.4) is 0 Å². The second-order valence-corrected chi connectivity index (χ2v) is 5.19. The van der Waals surface area contributed by atoms with Crippen LogP contribution in [0.25, 0.3) is 0 Å². The summed E-state index contributed by atoms with van der Waals surface area (Å²) in [6.07, 6.45) is 5.01. The van der Waals surface area contributed by atoms with Crippen LogP contribution in [-0.4, -0.2) is 19.1 Å². The Morgan fingerprint density at radius 2 is 2.00 bits per heavy atom. The molecule has 1 aromatic rings. The van der Waals surface area contributed by atoms with E-state index in [4.69, 9.17) is 10.5 Å². The van der Waals surface area contributed by atoms with Crippen molar-refractivity contribution in [3.05, 3.63) is 24.3 Å². The number of amides is 1. The van der Waals surface area contributed by atoms with Gasteiger partial charge in [-0.15, -0.1) is 0 Å². The van der Waals surface area contributed by atoms with Crippen LogP contribution < -0.4 is 15.8 Å². The van der Waals surface area contributed by atoms with Crippen LogP contribution in [0.2, 0.25) is 0 Å². The van der Waals surface area contributed by atoms with E-state index in [2.05, 4.69) is 5.32 Å². The largest absolute Gasteiger partial charge is 0.497 e. The summed E-state index contributed by atoms with van der Waals surface area (Å²) in [4.78, 5) is 12.0. The molecule has 2 unspecified atom stereocenters. The molecule has 0 aromatic heterocycles. The first kappa shape index (κ1) is 13.9. The summed E-state index contributed by atoms with van der Waals surface area (Å²) in [6.45, 7) is 0. The molecule has 2 rings (SSSR count). The molecule has 0 radical (unpaired) electrons. The topological polar surface area (TPSA) is 64.3 Å². The number of nitrogens with one attached hydrogen (secondary N) is 1. The molecule has 3 N–H and O–H groups in total. The molecular formula is C15H22N2O2. The van der Waals surface area contributed by atoms with Crippen LogP contribution in [0.4, 0.5) is 5.69 Å². The van der Waals surface area contributed by atoms with Gasteiger partial charge in [0.2, 0.25) is 5.91 Å². The highest BCUT2D eigenvalue weighted by Crippen LogP contribution is 2.26. The second-order valence-electron chi connectivity index (χ2n) is 5.19. The van der Waals surface area contributed by atoms with E-state index in [0.717, 1.165) is 24.3 Å². The Bertz CT molecular complexity index is 417. The molecule has 1 amide bonds. The van der Waals surface area contributed by atoms with Crippen molar-refractivity contribution < 1.29 is 9.53 Å². The molecule has 0 spiro atoms. The quantitative estimate of drug-likeness (QED) is 0.876. The van der Waals surface area contributed by atoms with Crippen LogP contribution in [0.1, 0.15) is 32.1 Å². The SMILES string of the molecule is COc1ccc(NC(=O)CC2CCCCC2N)cc1. The van der Waals surface area contributed by atoms with E-state index in [0.29, 0.717) is 12.3 Å². The first-order chi connectivity index (χ1) is 9.19. The van der Waals surface area contributed by atoms with Gasteiger partial charge in [0.15, 0.2) is 0 Å². The fraction of sp³-hybridized carbons (Fsp3) is 0.533. The molecule has 4 nitrogen and oxygen atoms in total. The molecular weight excluding hydrogens is 240 g/mol. The van der Waals surface area contributed by atoms with Gasteiger partial charge in [0.25, 0.3) is 0 Å². The molecule has 0 heterocycles. The Hall–Kier alpha value is -1.55. The Morgan fingerprint density at radius 1 is 1.32 bits per heavy atom. The van der Waals surface area contributed by atoms with E-state index >= 15 is 0 Å². The minimum Gasteiger partial charge on any atom is -0.497 e. The molecule has 104 valence electrons. The summed E-state index contributed by atoms with van der Waals surface area (Å²) in [5.74, 6) is 1.16. The van der Waals surface area contributed by atoms with Gasteiger partial charge in [-0.3, -0.25) is 4.79 Å². The molecule has 4 heteroatoms. The first-order valence-corrected chi connectivity index (χ1v) is 6.88. The van der Waals surface area contributed by atoms with Gasteiger partial charge in [-0.25, -0.2) is 0 Å². The zero-order valence-corrected chi connectivity index (χ0v) is 11.4. The Morgan fingerprint density at radius 3 is 2.63 bits per heavy atom. The highest BCUT2D eigenvalue weighted by Gasteiger charge is 2.24. The van der Waals surface area contributed by atoms with Gasteiger partial charge in [-0.1, -0.05) is 12.8 Å². The fourth-order valence-electron chi connectivity index (χ4n) is 2.61. The normalized spacial score (nSPS) is 22.8. The van der Waals surface area contributed by atoms with Crippen molar-refractivity contribution in [2.75, 3.05) is 12.4 Å². The zero-order chi connectivity index (χ0) is 13.7. The van der Waals surface area contributed by atoms with Crippen LogP contribution >= 0.6 is 0 Å². The van der Waals surface area contributed by atoms with Gasteiger partial charge in [-0.2, -0.15) is 0 Å². The number of benzene rings is 1. The van der Waals surface area contributed by atoms with E-state index in [1.807, 2.05) is 24.3 Å². The van der Waals surface area contributed by atoms with E-state index in [1.54, 1.807) is 7.11 Å². The maximum Gasteiger partial charge on any atom is 0.224 e. The summed E-state index contributed by atoms with van der Waals surface area (Å²) in [5, 5.41) is 2.91. The van der Waals surface area contributed by atoms with Crippen LogP contribution in [0.15, 0.2) is 24.3 Å². The standard InChI is InChI=1S/C15H22N2O2/c1-19-13-8-6-12(7-9-13)17-15(18)10-11-4-2-3-5-14(11)16/h6-9,11,14H,2-5,10,16H2,1H3,(H,17,18). The third kappa shape index (κ3) is 3.96. The van der Waals surface area contributed by atoms with Gasteiger partial charge in [0.05, 0.1) is 7.11 Å². The maximum absolute atomic E-state index is 12.0. The number of hydrogen-bond donors (Lipinski definition) is 2.